The summed E-state index contributed by atoms with van der Waals surface area (Å²) in [4.78, 5) is 19.2. The molecule has 2 aromatic rings. The van der Waals surface area contributed by atoms with Crippen molar-refractivity contribution in [2.24, 2.45) is 0 Å². The standard InChI is InChI=1S/C11H10BrN3O2/c1-2-15-6-8(11(16)17)14-10(15)9-7(12)4-3-5-13-9/h3-6H,2H2,1H3,(H,16,17). The highest BCUT2D eigenvalue weighted by atomic mass is 79.9. The zero-order valence-electron chi connectivity index (χ0n) is 9.09. The van der Waals surface area contributed by atoms with Crippen molar-refractivity contribution in [1.29, 1.82) is 0 Å². The Kier molecular flexibility index (Phi) is 3.23. The lowest BCUT2D eigenvalue weighted by atomic mass is 10.3. The average Bonchev–Trinajstić information content (AvgIpc) is 2.73. The van der Waals surface area contributed by atoms with Gasteiger partial charge in [0, 0.05) is 23.4 Å². The van der Waals surface area contributed by atoms with Gasteiger partial charge in [0.25, 0.3) is 0 Å². The van der Waals surface area contributed by atoms with Crippen molar-refractivity contribution in [3.63, 3.8) is 0 Å². The van der Waals surface area contributed by atoms with Crippen LogP contribution in [0.3, 0.4) is 0 Å². The Hall–Kier alpha value is -1.69. The molecular weight excluding hydrogens is 286 g/mol. The summed E-state index contributed by atoms with van der Waals surface area (Å²) in [6.45, 7) is 2.56. The molecule has 0 aliphatic rings. The third-order valence-electron chi connectivity index (χ3n) is 2.31. The van der Waals surface area contributed by atoms with E-state index in [0.717, 1.165) is 4.47 Å². The Balaban J connectivity index is 2.59. The van der Waals surface area contributed by atoms with Crippen molar-refractivity contribution in [3.05, 3.63) is 34.7 Å². The molecule has 0 fully saturated rings. The quantitative estimate of drug-likeness (QED) is 0.944. The van der Waals surface area contributed by atoms with Gasteiger partial charge in [0.15, 0.2) is 11.5 Å². The molecule has 0 aromatic carbocycles. The normalized spacial score (nSPS) is 10.5. The van der Waals surface area contributed by atoms with Crippen LogP contribution >= 0.6 is 15.9 Å². The van der Waals surface area contributed by atoms with Crippen LogP contribution in [-0.4, -0.2) is 25.6 Å². The zero-order valence-corrected chi connectivity index (χ0v) is 10.7. The zero-order chi connectivity index (χ0) is 12.4. The number of rotatable bonds is 3. The summed E-state index contributed by atoms with van der Waals surface area (Å²) in [7, 11) is 0. The number of aromatic carboxylic acids is 1. The SMILES string of the molecule is CCn1cc(C(=O)O)nc1-c1ncccc1Br. The highest BCUT2D eigenvalue weighted by Gasteiger charge is 2.16. The highest BCUT2D eigenvalue weighted by molar-refractivity contribution is 9.10. The van der Waals surface area contributed by atoms with Gasteiger partial charge in [-0.3, -0.25) is 4.98 Å². The Labute approximate surface area is 106 Å². The fourth-order valence-electron chi connectivity index (χ4n) is 1.50. The Morgan fingerprint density at radius 1 is 1.59 bits per heavy atom. The molecule has 0 aliphatic carbocycles. The minimum Gasteiger partial charge on any atom is -0.476 e. The number of aryl methyl sites for hydroxylation is 1. The number of carboxylic acid groups (broad SMARTS) is 1. The lowest BCUT2D eigenvalue weighted by Gasteiger charge is -2.04. The first-order valence-electron chi connectivity index (χ1n) is 5.04. The van der Waals surface area contributed by atoms with Crippen molar-refractivity contribution >= 4 is 21.9 Å². The van der Waals surface area contributed by atoms with E-state index < -0.39 is 5.97 Å². The maximum Gasteiger partial charge on any atom is 0.356 e. The topological polar surface area (TPSA) is 68.0 Å². The second-order valence-corrected chi connectivity index (χ2v) is 4.23. The van der Waals surface area contributed by atoms with Crippen LogP contribution in [0.2, 0.25) is 0 Å². The van der Waals surface area contributed by atoms with Gasteiger partial charge in [0.1, 0.15) is 5.69 Å². The summed E-state index contributed by atoms with van der Waals surface area (Å²) in [5.74, 6) is -0.483. The van der Waals surface area contributed by atoms with Crippen LogP contribution in [0.4, 0.5) is 0 Å². The van der Waals surface area contributed by atoms with E-state index >= 15 is 0 Å². The van der Waals surface area contributed by atoms with E-state index in [0.29, 0.717) is 18.1 Å². The number of carbonyl (C=O) groups is 1. The van der Waals surface area contributed by atoms with Crippen molar-refractivity contribution in [3.8, 4) is 11.5 Å². The average molecular weight is 296 g/mol. The number of aromatic nitrogens is 3. The molecule has 0 unspecified atom stereocenters. The Morgan fingerprint density at radius 3 is 2.94 bits per heavy atom. The molecule has 6 heteroatoms. The third kappa shape index (κ3) is 2.21. The number of carboxylic acids is 1. The fourth-order valence-corrected chi connectivity index (χ4v) is 1.93. The van der Waals surface area contributed by atoms with Gasteiger partial charge in [-0.1, -0.05) is 0 Å². The summed E-state index contributed by atoms with van der Waals surface area (Å²) >= 11 is 3.38. The maximum atomic E-state index is 10.9. The van der Waals surface area contributed by atoms with Crippen LogP contribution in [0.1, 0.15) is 17.4 Å². The first-order chi connectivity index (χ1) is 8.13. The van der Waals surface area contributed by atoms with Crippen molar-refractivity contribution in [2.45, 2.75) is 13.5 Å². The number of hydrogen-bond acceptors (Lipinski definition) is 3. The Bertz CT molecular complexity index is 566. The van der Waals surface area contributed by atoms with Crippen LogP contribution in [-0.2, 0) is 6.54 Å². The van der Waals surface area contributed by atoms with Crippen LogP contribution in [0.25, 0.3) is 11.5 Å². The molecule has 0 bridgehead atoms. The maximum absolute atomic E-state index is 10.9. The Morgan fingerprint density at radius 2 is 2.35 bits per heavy atom. The summed E-state index contributed by atoms with van der Waals surface area (Å²) in [5.41, 5.74) is 0.668. The van der Waals surface area contributed by atoms with Gasteiger partial charge < -0.3 is 9.67 Å². The number of hydrogen-bond donors (Lipinski definition) is 1. The van der Waals surface area contributed by atoms with Gasteiger partial charge in [-0.05, 0) is 35.0 Å². The van der Waals surface area contributed by atoms with Crippen molar-refractivity contribution in [1.82, 2.24) is 14.5 Å². The summed E-state index contributed by atoms with van der Waals surface area (Å²) in [5, 5.41) is 8.93. The van der Waals surface area contributed by atoms with Crippen LogP contribution in [0.15, 0.2) is 29.0 Å². The van der Waals surface area contributed by atoms with E-state index in [1.807, 2.05) is 13.0 Å². The molecular formula is C11H10BrN3O2. The predicted octanol–water partition coefficient (Wildman–Crippen LogP) is 2.43. The van der Waals surface area contributed by atoms with E-state index in [-0.39, 0.29) is 5.69 Å². The highest BCUT2D eigenvalue weighted by Crippen LogP contribution is 2.25. The molecule has 88 valence electrons. The molecule has 0 atom stereocenters. The number of halogens is 1. The van der Waals surface area contributed by atoms with Gasteiger partial charge in [0.2, 0.25) is 0 Å². The van der Waals surface area contributed by atoms with Crippen molar-refractivity contribution < 1.29 is 9.90 Å². The monoisotopic (exact) mass is 295 g/mol. The second kappa shape index (κ2) is 4.67. The minimum absolute atomic E-state index is 0.0272. The lowest BCUT2D eigenvalue weighted by Crippen LogP contribution is -1.98. The molecule has 2 aromatic heterocycles. The molecule has 2 rings (SSSR count). The number of nitrogens with zero attached hydrogens (tertiary/aromatic N) is 3. The van der Waals surface area contributed by atoms with Gasteiger partial charge >= 0.3 is 5.97 Å². The van der Waals surface area contributed by atoms with Crippen LogP contribution in [0.5, 0.6) is 0 Å². The van der Waals surface area contributed by atoms with Gasteiger partial charge in [-0.15, -0.1) is 0 Å². The molecule has 0 saturated carbocycles. The number of imidazole rings is 1. The van der Waals surface area contributed by atoms with Gasteiger partial charge in [-0.25, -0.2) is 9.78 Å². The molecule has 0 spiro atoms. The second-order valence-electron chi connectivity index (χ2n) is 3.37. The molecule has 0 amide bonds. The molecule has 5 nitrogen and oxygen atoms in total. The molecule has 1 N–H and O–H groups in total. The van der Waals surface area contributed by atoms with E-state index in [1.54, 1.807) is 16.8 Å². The van der Waals surface area contributed by atoms with Crippen LogP contribution in [0, 0.1) is 0 Å². The molecule has 0 saturated heterocycles. The molecule has 2 heterocycles. The number of pyridine rings is 1. The predicted molar refractivity (Wildman–Crippen MR) is 65.8 cm³/mol. The fraction of sp³-hybridized carbons (Fsp3) is 0.182. The lowest BCUT2D eigenvalue weighted by molar-refractivity contribution is 0.0691. The molecule has 17 heavy (non-hydrogen) atoms. The summed E-state index contributed by atoms with van der Waals surface area (Å²) < 4.78 is 2.55. The molecule has 0 radical (unpaired) electrons. The largest absolute Gasteiger partial charge is 0.476 e. The molecule has 0 aliphatic heterocycles. The van der Waals surface area contributed by atoms with Gasteiger partial charge in [-0.2, -0.15) is 0 Å². The van der Waals surface area contributed by atoms with E-state index in [2.05, 4.69) is 25.9 Å². The van der Waals surface area contributed by atoms with Gasteiger partial charge in [0.05, 0.1) is 0 Å². The van der Waals surface area contributed by atoms with Crippen LogP contribution < -0.4 is 0 Å². The third-order valence-corrected chi connectivity index (χ3v) is 2.95. The summed E-state index contributed by atoms with van der Waals surface area (Å²) in [6.07, 6.45) is 3.16. The van der Waals surface area contributed by atoms with E-state index in [9.17, 15) is 4.79 Å². The van der Waals surface area contributed by atoms with E-state index in [1.165, 1.54) is 6.20 Å². The minimum atomic E-state index is -1.04. The first-order valence-corrected chi connectivity index (χ1v) is 5.84. The first kappa shape index (κ1) is 11.8. The summed E-state index contributed by atoms with van der Waals surface area (Å²) in [6, 6.07) is 3.64. The van der Waals surface area contributed by atoms with Crippen molar-refractivity contribution in [2.75, 3.05) is 0 Å². The smallest absolute Gasteiger partial charge is 0.356 e. The van der Waals surface area contributed by atoms with E-state index in [4.69, 9.17) is 5.11 Å².